The minimum atomic E-state index is -0.904. The second kappa shape index (κ2) is 19.6. The number of unbranched alkanes of at least 4 members (excludes halogenated alkanes) is 1. The van der Waals surface area contributed by atoms with Crippen molar-refractivity contribution in [1.82, 2.24) is 30.8 Å². The van der Waals surface area contributed by atoms with Gasteiger partial charge < -0.3 is 46.9 Å². The standard InChI is InChI=1S/C40H52ClN9O4S/c1-49-35(21-27-24-45-32-10-3-2-9-30(27)32)38(52)47-25-28-20-29(50-16-18-54-19-17-50)22-31(41)36(28)55-39-26(8-7-15-44-39)23-46-33(12-6-14-43)37(51)48-34(40(49)53)11-4-5-13-42/h2-3,7-10,15,20,22,24,33-35,45-46H,4-6,11-14,16-19,21,23,25,42-43H2,1H3,(H,47,52)(H,48,51). The van der Waals surface area contributed by atoms with E-state index in [2.05, 4.69) is 31.9 Å². The molecule has 8 N–H and O–H groups in total. The molecule has 55 heavy (non-hydrogen) atoms. The number of halogens is 1. The molecule has 0 spiro atoms. The van der Waals surface area contributed by atoms with Gasteiger partial charge in [0.2, 0.25) is 17.7 Å². The van der Waals surface area contributed by atoms with E-state index < -0.39 is 18.1 Å². The number of likely N-dealkylation sites (N-methyl/N-ethyl adjacent to an activating group) is 1. The molecule has 2 aromatic carbocycles. The van der Waals surface area contributed by atoms with Crippen LogP contribution in [-0.2, 0) is 38.6 Å². The number of aromatic nitrogens is 2. The molecule has 6 rings (SSSR count). The van der Waals surface area contributed by atoms with Gasteiger partial charge in [-0.3, -0.25) is 14.4 Å². The average molecular weight is 790 g/mol. The highest BCUT2D eigenvalue weighted by Gasteiger charge is 2.34. The Labute approximate surface area is 331 Å². The molecule has 4 aromatic rings. The van der Waals surface area contributed by atoms with Crippen molar-refractivity contribution in [3.8, 4) is 0 Å². The van der Waals surface area contributed by atoms with Crippen LogP contribution in [0, 0.1) is 0 Å². The van der Waals surface area contributed by atoms with E-state index in [-0.39, 0.29) is 30.7 Å². The monoisotopic (exact) mass is 789 g/mol. The molecule has 3 atom stereocenters. The van der Waals surface area contributed by atoms with E-state index >= 15 is 0 Å². The first kappa shape index (κ1) is 40.5. The van der Waals surface area contributed by atoms with Crippen molar-refractivity contribution >= 4 is 57.7 Å². The van der Waals surface area contributed by atoms with Crippen LogP contribution in [0.5, 0.6) is 0 Å². The number of pyridine rings is 1. The van der Waals surface area contributed by atoms with E-state index in [0.717, 1.165) is 56.3 Å². The second-order valence-electron chi connectivity index (χ2n) is 14.0. The lowest BCUT2D eigenvalue weighted by atomic mass is 10.0. The Bertz CT molecular complexity index is 1940. The number of amides is 3. The fraction of sp³-hybridized carbons (Fsp3) is 0.450. The van der Waals surface area contributed by atoms with Gasteiger partial charge in [-0.25, -0.2) is 4.98 Å². The summed E-state index contributed by atoms with van der Waals surface area (Å²) in [5.74, 6) is -0.991. The highest BCUT2D eigenvalue weighted by atomic mass is 35.5. The molecule has 0 radical (unpaired) electrons. The Hall–Kier alpha value is -4.18. The predicted octanol–water partition coefficient (Wildman–Crippen LogP) is 3.71. The highest BCUT2D eigenvalue weighted by Crippen LogP contribution is 2.40. The van der Waals surface area contributed by atoms with E-state index in [4.69, 9.17) is 32.8 Å². The number of nitrogens with two attached hydrogens (primary N) is 2. The molecular formula is C40H52ClN9O4S. The Morgan fingerprint density at radius 3 is 2.51 bits per heavy atom. The van der Waals surface area contributed by atoms with Crippen molar-refractivity contribution in [2.75, 3.05) is 51.3 Å². The van der Waals surface area contributed by atoms with Crippen molar-refractivity contribution in [3.63, 3.8) is 0 Å². The van der Waals surface area contributed by atoms with Crippen LogP contribution in [0.3, 0.4) is 0 Å². The number of aromatic amines is 1. The second-order valence-corrected chi connectivity index (χ2v) is 15.4. The molecule has 0 aliphatic carbocycles. The Morgan fingerprint density at radius 1 is 0.927 bits per heavy atom. The summed E-state index contributed by atoms with van der Waals surface area (Å²) in [6.07, 6.45) is 6.62. The summed E-state index contributed by atoms with van der Waals surface area (Å²) in [5, 5.41) is 11.9. The van der Waals surface area contributed by atoms with Crippen LogP contribution in [0.15, 0.2) is 70.8 Å². The number of nitrogens with one attached hydrogen (secondary N) is 4. The molecule has 13 nitrogen and oxygen atoms in total. The minimum Gasteiger partial charge on any atom is -0.378 e. The molecule has 0 bridgehead atoms. The van der Waals surface area contributed by atoms with Crippen LogP contribution in [-0.4, -0.2) is 97.2 Å². The Kier molecular flexibility index (Phi) is 14.4. The molecule has 1 fully saturated rings. The topological polar surface area (TPSA) is 184 Å². The van der Waals surface area contributed by atoms with Crippen LogP contribution in [0.2, 0.25) is 5.02 Å². The molecule has 1 saturated heterocycles. The van der Waals surface area contributed by atoms with E-state index in [9.17, 15) is 14.4 Å². The summed E-state index contributed by atoms with van der Waals surface area (Å²) in [6.45, 7) is 4.02. The predicted molar refractivity (Wildman–Crippen MR) is 217 cm³/mol. The summed E-state index contributed by atoms with van der Waals surface area (Å²) in [4.78, 5) is 55.6. The van der Waals surface area contributed by atoms with Gasteiger partial charge in [0.15, 0.2) is 0 Å². The first-order chi connectivity index (χ1) is 26.8. The normalized spacial score (nSPS) is 20.4. The molecular weight excluding hydrogens is 738 g/mol. The van der Waals surface area contributed by atoms with Crippen molar-refractivity contribution < 1.29 is 19.1 Å². The number of anilines is 1. The van der Waals surface area contributed by atoms with Crippen molar-refractivity contribution in [2.45, 2.75) is 79.7 Å². The van der Waals surface area contributed by atoms with Crippen LogP contribution in [0.4, 0.5) is 5.69 Å². The van der Waals surface area contributed by atoms with Crippen LogP contribution < -0.4 is 32.3 Å². The third-order valence-electron chi connectivity index (χ3n) is 10.3. The average Bonchev–Trinajstić information content (AvgIpc) is 3.62. The Balaban J connectivity index is 1.42. The lowest BCUT2D eigenvalue weighted by Crippen LogP contribution is -2.57. The summed E-state index contributed by atoms with van der Waals surface area (Å²) in [7, 11) is 1.64. The maximum Gasteiger partial charge on any atom is 0.245 e. The fourth-order valence-electron chi connectivity index (χ4n) is 7.15. The zero-order valence-corrected chi connectivity index (χ0v) is 32.9. The lowest BCUT2D eigenvalue weighted by Gasteiger charge is -2.32. The van der Waals surface area contributed by atoms with Crippen LogP contribution >= 0.6 is 23.4 Å². The van der Waals surface area contributed by atoms with E-state index in [1.54, 1.807) is 13.2 Å². The quantitative estimate of drug-likeness (QED) is 0.130. The van der Waals surface area contributed by atoms with Gasteiger partial charge in [-0.1, -0.05) is 47.6 Å². The minimum absolute atomic E-state index is 0.156. The summed E-state index contributed by atoms with van der Waals surface area (Å²) < 4.78 is 5.61. The molecule has 3 amide bonds. The number of fused-ring (bicyclic) bond motifs is 3. The SMILES string of the molecule is CN1C(=O)C(CCCCN)NC(=O)C(CCCN)NCc2cccnc2Sc2c(Cl)cc(N3CCOCC3)cc2CNC(=O)C1Cc1c[nH]c2ccccc12. The van der Waals surface area contributed by atoms with E-state index in [1.165, 1.54) is 16.7 Å². The number of hydrogen-bond acceptors (Lipinski definition) is 10. The van der Waals surface area contributed by atoms with Crippen molar-refractivity contribution in [1.29, 1.82) is 0 Å². The van der Waals surface area contributed by atoms with Crippen LogP contribution in [0.25, 0.3) is 10.9 Å². The van der Waals surface area contributed by atoms with E-state index in [1.807, 2.05) is 48.7 Å². The number of hydrogen-bond donors (Lipinski definition) is 6. The first-order valence-corrected chi connectivity index (χ1v) is 20.3. The molecule has 0 saturated carbocycles. The van der Waals surface area contributed by atoms with Gasteiger partial charge >= 0.3 is 0 Å². The third-order valence-corrected chi connectivity index (χ3v) is 12.0. The number of H-pyrrole nitrogens is 1. The zero-order chi connectivity index (χ0) is 38.7. The smallest absolute Gasteiger partial charge is 0.245 e. The fourth-order valence-corrected chi connectivity index (χ4v) is 8.49. The van der Waals surface area contributed by atoms with Gasteiger partial charge in [0.05, 0.1) is 24.3 Å². The molecule has 2 aliphatic heterocycles. The molecule has 2 aliphatic rings. The summed E-state index contributed by atoms with van der Waals surface area (Å²) >= 11 is 8.54. The summed E-state index contributed by atoms with van der Waals surface area (Å²) in [5.41, 5.74) is 16.2. The first-order valence-electron chi connectivity index (χ1n) is 19.1. The molecule has 15 heteroatoms. The number of ether oxygens (including phenoxy) is 1. The molecule has 3 unspecified atom stereocenters. The maximum absolute atomic E-state index is 14.5. The number of rotatable bonds is 10. The van der Waals surface area contributed by atoms with Gasteiger partial charge in [0, 0.05) is 73.5 Å². The van der Waals surface area contributed by atoms with Crippen LogP contribution in [0.1, 0.15) is 48.8 Å². The third kappa shape index (κ3) is 10.2. The van der Waals surface area contributed by atoms with Crippen molar-refractivity contribution in [2.24, 2.45) is 11.5 Å². The van der Waals surface area contributed by atoms with Gasteiger partial charge in [-0.2, -0.15) is 0 Å². The number of nitrogens with zero attached hydrogens (tertiary/aromatic N) is 3. The van der Waals surface area contributed by atoms with Gasteiger partial charge in [-0.15, -0.1) is 0 Å². The molecule has 4 heterocycles. The molecule has 294 valence electrons. The number of benzene rings is 2. The highest BCUT2D eigenvalue weighted by molar-refractivity contribution is 7.99. The number of carbonyl (C=O) groups is 3. The maximum atomic E-state index is 14.5. The van der Waals surface area contributed by atoms with E-state index in [0.29, 0.717) is 70.0 Å². The zero-order valence-electron chi connectivity index (χ0n) is 31.3. The number of morpholine rings is 1. The largest absolute Gasteiger partial charge is 0.378 e. The number of carbonyl (C=O) groups excluding carboxylic acids is 3. The Morgan fingerprint density at radius 2 is 1.71 bits per heavy atom. The number of para-hydroxylation sites is 1. The summed E-state index contributed by atoms with van der Waals surface area (Å²) in [6, 6.07) is 13.3. The lowest BCUT2D eigenvalue weighted by molar-refractivity contribution is -0.142. The van der Waals surface area contributed by atoms with Crippen molar-refractivity contribution in [3.05, 3.63) is 82.6 Å². The molecule has 2 aromatic heterocycles. The van der Waals surface area contributed by atoms with Gasteiger partial charge in [-0.05, 0) is 86.1 Å². The van der Waals surface area contributed by atoms with Gasteiger partial charge in [0.25, 0.3) is 0 Å². The van der Waals surface area contributed by atoms with Gasteiger partial charge in [0.1, 0.15) is 17.1 Å².